The van der Waals surface area contributed by atoms with Crippen LogP contribution in [0.2, 0.25) is 0 Å². The Balaban J connectivity index is 1.93. The molecule has 1 heterocycles. The van der Waals surface area contributed by atoms with Crippen LogP contribution in [0.25, 0.3) is 0 Å². The van der Waals surface area contributed by atoms with E-state index in [9.17, 15) is 0 Å². The molecule has 0 amide bonds. The molecule has 0 N–H and O–H groups in total. The lowest BCUT2D eigenvalue weighted by Crippen LogP contribution is -2.35. The molecule has 0 aliphatic rings. The second kappa shape index (κ2) is 20.1. The minimum absolute atomic E-state index is 1.20. The van der Waals surface area contributed by atoms with Gasteiger partial charge in [0.15, 0.2) is 0 Å². The van der Waals surface area contributed by atoms with Crippen LogP contribution in [0.1, 0.15) is 148 Å². The number of hydrogen-bond donors (Lipinski definition) is 0. The summed E-state index contributed by atoms with van der Waals surface area (Å²) in [5, 5.41) is 0. The summed E-state index contributed by atoms with van der Waals surface area (Å²) in [5.74, 6) is 1.44. The lowest BCUT2D eigenvalue weighted by molar-refractivity contribution is -0.702. The molecular weight excluding hydrogens is 364 g/mol. The largest absolute Gasteiger partial charge is 0.253 e. The first kappa shape index (κ1) is 27.2. The normalized spacial score (nSPS) is 11.4. The van der Waals surface area contributed by atoms with Crippen molar-refractivity contribution in [1.82, 2.24) is 4.57 Å². The van der Waals surface area contributed by atoms with E-state index < -0.39 is 0 Å². The van der Waals surface area contributed by atoms with Gasteiger partial charge in [0.05, 0.1) is 13.1 Å². The van der Waals surface area contributed by atoms with Gasteiger partial charge in [-0.25, -0.2) is 9.13 Å². The molecule has 0 atom stereocenters. The number of unbranched alkanes of at least 4 members (excludes halogenated alkanes) is 18. The molecule has 0 unspecified atom stereocenters. The van der Waals surface area contributed by atoms with E-state index in [-0.39, 0.29) is 0 Å². The second-order valence-electron chi connectivity index (χ2n) is 9.60. The lowest BCUT2D eigenvalue weighted by Gasteiger charge is -2.04. The minimum atomic E-state index is 1.20. The van der Waals surface area contributed by atoms with Gasteiger partial charge in [-0.2, -0.15) is 0 Å². The summed E-state index contributed by atoms with van der Waals surface area (Å²) in [6.45, 7) is 9.28. The number of imidazole rings is 1. The van der Waals surface area contributed by atoms with E-state index in [0.29, 0.717) is 0 Å². The molecule has 0 saturated carbocycles. The Bertz CT molecular complexity index is 477. The van der Waals surface area contributed by atoms with Crippen LogP contribution in [0.5, 0.6) is 0 Å². The van der Waals surface area contributed by atoms with Crippen molar-refractivity contribution in [2.45, 2.75) is 162 Å². The fourth-order valence-electron chi connectivity index (χ4n) is 4.55. The van der Waals surface area contributed by atoms with Crippen LogP contribution >= 0.6 is 0 Å². The standard InChI is InChI=1S/C28H55N2/c1-4-6-8-10-12-13-14-15-16-17-18-19-21-23-25-30-27-26-29(28(30)3)24-22-20-11-9-7-5-2/h26-27H,4-25H2,1-3H3/q+1. The predicted molar refractivity (Wildman–Crippen MR) is 133 cm³/mol. The maximum absolute atomic E-state index is 2.47. The van der Waals surface area contributed by atoms with Crippen molar-refractivity contribution < 1.29 is 4.57 Å². The number of nitrogens with zero attached hydrogens (tertiary/aromatic N) is 2. The Morgan fingerprint density at radius 3 is 1.43 bits per heavy atom. The van der Waals surface area contributed by atoms with Crippen molar-refractivity contribution in [2.24, 2.45) is 0 Å². The summed E-state index contributed by atoms with van der Waals surface area (Å²) >= 11 is 0. The molecule has 0 aromatic carbocycles. The molecule has 1 rings (SSSR count). The lowest BCUT2D eigenvalue weighted by atomic mass is 10.0. The molecule has 0 fully saturated rings. The summed E-state index contributed by atoms with van der Waals surface area (Å²) in [7, 11) is 0. The molecule has 2 heteroatoms. The predicted octanol–water partition coefficient (Wildman–Crippen LogP) is 8.93. The zero-order chi connectivity index (χ0) is 21.7. The van der Waals surface area contributed by atoms with E-state index in [4.69, 9.17) is 0 Å². The highest BCUT2D eigenvalue weighted by Crippen LogP contribution is 2.13. The minimum Gasteiger partial charge on any atom is -0.234 e. The van der Waals surface area contributed by atoms with Crippen molar-refractivity contribution in [1.29, 1.82) is 0 Å². The maximum atomic E-state index is 2.47. The highest BCUT2D eigenvalue weighted by Gasteiger charge is 2.11. The Labute approximate surface area is 189 Å². The number of rotatable bonds is 22. The first-order valence-electron chi connectivity index (χ1n) is 13.8. The van der Waals surface area contributed by atoms with Crippen molar-refractivity contribution in [3.63, 3.8) is 0 Å². The van der Waals surface area contributed by atoms with Crippen LogP contribution in [0.15, 0.2) is 12.4 Å². The quantitative estimate of drug-likeness (QED) is 0.131. The van der Waals surface area contributed by atoms with Crippen LogP contribution in [-0.2, 0) is 13.1 Å². The van der Waals surface area contributed by atoms with Gasteiger partial charge in [0.25, 0.3) is 5.82 Å². The molecule has 1 aromatic heterocycles. The SMILES string of the molecule is CCCCCCCCCCCCCCCC[n+]1ccn(CCCCCCCC)c1C. The summed E-state index contributed by atoms with van der Waals surface area (Å²) in [6, 6.07) is 0. The third kappa shape index (κ3) is 14.3. The molecule has 0 radical (unpaired) electrons. The molecule has 0 aliphatic heterocycles. The van der Waals surface area contributed by atoms with Crippen LogP contribution in [0.3, 0.4) is 0 Å². The molecular formula is C28H55N2+. The topological polar surface area (TPSA) is 8.81 Å². The van der Waals surface area contributed by atoms with Gasteiger partial charge < -0.3 is 0 Å². The molecule has 0 aliphatic carbocycles. The van der Waals surface area contributed by atoms with E-state index in [1.807, 2.05) is 0 Å². The van der Waals surface area contributed by atoms with Gasteiger partial charge in [-0.1, -0.05) is 117 Å². The van der Waals surface area contributed by atoms with E-state index in [2.05, 4.69) is 42.3 Å². The van der Waals surface area contributed by atoms with E-state index in [0.717, 1.165) is 0 Å². The second-order valence-corrected chi connectivity index (χ2v) is 9.60. The molecule has 1 aromatic rings. The van der Waals surface area contributed by atoms with Gasteiger partial charge in [-0.15, -0.1) is 0 Å². The molecule has 0 saturated heterocycles. The van der Waals surface area contributed by atoms with E-state index in [1.54, 1.807) is 0 Å². The van der Waals surface area contributed by atoms with Gasteiger partial charge in [0.1, 0.15) is 12.4 Å². The fourth-order valence-corrected chi connectivity index (χ4v) is 4.55. The van der Waals surface area contributed by atoms with Gasteiger partial charge >= 0.3 is 0 Å². The summed E-state index contributed by atoms with van der Waals surface area (Å²) in [5.41, 5.74) is 0. The fraction of sp³-hybridized carbons (Fsp3) is 0.893. The Kier molecular flexibility index (Phi) is 18.3. The number of hydrogen-bond acceptors (Lipinski definition) is 0. The number of aryl methyl sites for hydroxylation is 2. The molecule has 2 nitrogen and oxygen atoms in total. The first-order chi connectivity index (χ1) is 14.8. The Morgan fingerprint density at radius 2 is 0.967 bits per heavy atom. The summed E-state index contributed by atoms with van der Waals surface area (Å²) in [6.07, 6.45) is 33.0. The molecule has 0 bridgehead atoms. The van der Waals surface area contributed by atoms with Crippen molar-refractivity contribution in [3.8, 4) is 0 Å². The summed E-state index contributed by atoms with van der Waals surface area (Å²) in [4.78, 5) is 0. The van der Waals surface area contributed by atoms with Gasteiger partial charge in [-0.3, -0.25) is 0 Å². The van der Waals surface area contributed by atoms with Crippen molar-refractivity contribution in [3.05, 3.63) is 18.2 Å². The third-order valence-corrected chi connectivity index (χ3v) is 6.76. The van der Waals surface area contributed by atoms with Crippen LogP contribution in [0, 0.1) is 6.92 Å². The Hall–Kier alpha value is -0.790. The zero-order valence-electron chi connectivity index (χ0n) is 21.1. The zero-order valence-corrected chi connectivity index (χ0v) is 21.1. The van der Waals surface area contributed by atoms with Crippen molar-refractivity contribution in [2.75, 3.05) is 0 Å². The van der Waals surface area contributed by atoms with Crippen molar-refractivity contribution >= 4 is 0 Å². The van der Waals surface area contributed by atoms with Gasteiger partial charge in [0.2, 0.25) is 0 Å². The monoisotopic (exact) mass is 419 g/mol. The molecule has 30 heavy (non-hydrogen) atoms. The van der Waals surface area contributed by atoms with Gasteiger partial charge in [-0.05, 0) is 25.7 Å². The number of aromatic nitrogens is 2. The first-order valence-corrected chi connectivity index (χ1v) is 13.8. The van der Waals surface area contributed by atoms with E-state index >= 15 is 0 Å². The average Bonchev–Trinajstić information content (AvgIpc) is 3.10. The molecule has 176 valence electrons. The van der Waals surface area contributed by atoms with Crippen LogP contribution in [-0.4, -0.2) is 4.57 Å². The molecule has 0 spiro atoms. The highest BCUT2D eigenvalue weighted by atomic mass is 15.1. The van der Waals surface area contributed by atoms with Gasteiger partial charge in [0, 0.05) is 6.92 Å². The third-order valence-electron chi connectivity index (χ3n) is 6.76. The maximum Gasteiger partial charge on any atom is 0.253 e. The van der Waals surface area contributed by atoms with E-state index in [1.165, 1.54) is 147 Å². The summed E-state index contributed by atoms with van der Waals surface area (Å²) < 4.78 is 4.93. The smallest absolute Gasteiger partial charge is 0.234 e. The van der Waals surface area contributed by atoms with Crippen LogP contribution < -0.4 is 4.57 Å². The Morgan fingerprint density at radius 1 is 0.567 bits per heavy atom. The highest BCUT2D eigenvalue weighted by molar-refractivity contribution is 4.79. The van der Waals surface area contributed by atoms with Crippen LogP contribution in [0.4, 0.5) is 0 Å². The average molecular weight is 420 g/mol.